The zero-order chi connectivity index (χ0) is 20.3. The summed E-state index contributed by atoms with van der Waals surface area (Å²) < 4.78 is 21.5. The maximum absolute atomic E-state index is 15.1. The Kier molecular flexibility index (Phi) is 4.25. The standard InChI is InChI=1S/C20H22FN3O5/c21-15-6-14-16(24(11-1-2-11)10-18(19(14)26)29-20(27)28)7-17(15)23-9-12-5-13(23)8-22(12)3-4-25/h6-7,10-13,25H,1-5,8-9H2,(H,27,28). The minimum Gasteiger partial charge on any atom is -0.449 e. The fourth-order valence-corrected chi connectivity index (χ4v) is 4.82. The first-order chi connectivity index (χ1) is 14.0. The summed E-state index contributed by atoms with van der Waals surface area (Å²) in [6, 6.07) is 3.54. The van der Waals surface area contributed by atoms with Crippen LogP contribution in [-0.2, 0) is 0 Å². The molecule has 8 nitrogen and oxygen atoms in total. The number of pyridine rings is 1. The van der Waals surface area contributed by atoms with E-state index in [9.17, 15) is 14.7 Å². The Balaban J connectivity index is 1.57. The molecule has 0 radical (unpaired) electrons. The molecule has 2 unspecified atom stereocenters. The highest BCUT2D eigenvalue weighted by Crippen LogP contribution is 2.40. The van der Waals surface area contributed by atoms with Crippen LogP contribution in [0.25, 0.3) is 10.9 Å². The zero-order valence-corrected chi connectivity index (χ0v) is 15.8. The number of hydrogen-bond donors (Lipinski definition) is 2. The van der Waals surface area contributed by atoms with Gasteiger partial charge in [0.1, 0.15) is 5.82 Å². The first-order valence-electron chi connectivity index (χ1n) is 9.87. The predicted molar refractivity (Wildman–Crippen MR) is 103 cm³/mol. The van der Waals surface area contributed by atoms with E-state index in [0.717, 1.165) is 25.8 Å². The van der Waals surface area contributed by atoms with E-state index in [2.05, 4.69) is 14.5 Å². The minimum atomic E-state index is -1.57. The molecule has 2 atom stereocenters. The van der Waals surface area contributed by atoms with Gasteiger partial charge in [-0.2, -0.15) is 0 Å². The second-order valence-electron chi connectivity index (χ2n) is 8.06. The predicted octanol–water partition coefficient (Wildman–Crippen LogP) is 1.79. The molecule has 1 aliphatic carbocycles. The number of rotatable bonds is 5. The summed E-state index contributed by atoms with van der Waals surface area (Å²) in [5, 5.41) is 18.2. The van der Waals surface area contributed by atoms with E-state index in [1.807, 2.05) is 4.57 Å². The van der Waals surface area contributed by atoms with E-state index < -0.39 is 17.4 Å². The van der Waals surface area contributed by atoms with Gasteiger partial charge in [-0.05, 0) is 31.4 Å². The number of anilines is 1. The number of aromatic nitrogens is 1. The summed E-state index contributed by atoms with van der Waals surface area (Å²) in [7, 11) is 0. The average molecular weight is 403 g/mol. The lowest BCUT2D eigenvalue weighted by Crippen LogP contribution is -2.47. The van der Waals surface area contributed by atoms with Crippen molar-refractivity contribution in [3.8, 4) is 5.75 Å². The summed E-state index contributed by atoms with van der Waals surface area (Å²) in [5.41, 5.74) is 0.442. The summed E-state index contributed by atoms with van der Waals surface area (Å²) in [4.78, 5) is 27.9. The number of likely N-dealkylation sites (tertiary alicyclic amines) is 1. The van der Waals surface area contributed by atoms with E-state index in [4.69, 9.17) is 5.11 Å². The number of carboxylic acid groups (broad SMARTS) is 1. The van der Waals surface area contributed by atoms with E-state index in [1.54, 1.807) is 6.07 Å². The van der Waals surface area contributed by atoms with Crippen molar-refractivity contribution >= 4 is 22.7 Å². The van der Waals surface area contributed by atoms with Crippen LogP contribution in [0.2, 0.25) is 0 Å². The van der Waals surface area contributed by atoms with E-state index >= 15 is 4.39 Å². The third kappa shape index (κ3) is 3.05. The maximum Gasteiger partial charge on any atom is 0.511 e. The van der Waals surface area contributed by atoms with Crippen LogP contribution in [0.4, 0.5) is 14.9 Å². The molecule has 1 saturated carbocycles. The van der Waals surface area contributed by atoms with E-state index in [-0.39, 0.29) is 29.8 Å². The third-order valence-electron chi connectivity index (χ3n) is 6.26. The van der Waals surface area contributed by atoms with Gasteiger partial charge in [-0.25, -0.2) is 9.18 Å². The van der Waals surface area contributed by atoms with Crippen LogP contribution in [-0.4, -0.2) is 64.2 Å². The second kappa shape index (κ2) is 6.70. The SMILES string of the molecule is O=C(O)Oc1cn(C2CC2)c2cc(N3CC4CC3CN4CCO)c(F)cc2c1=O. The quantitative estimate of drug-likeness (QED) is 0.735. The van der Waals surface area contributed by atoms with Crippen molar-refractivity contribution in [3.63, 3.8) is 0 Å². The molecule has 3 heterocycles. The van der Waals surface area contributed by atoms with Crippen molar-refractivity contribution in [1.82, 2.24) is 9.47 Å². The molecule has 0 amide bonds. The lowest BCUT2D eigenvalue weighted by atomic mass is 10.1. The monoisotopic (exact) mass is 403 g/mol. The Bertz CT molecular complexity index is 1050. The van der Waals surface area contributed by atoms with Crippen molar-refractivity contribution in [2.75, 3.05) is 31.1 Å². The van der Waals surface area contributed by atoms with Gasteiger partial charge in [-0.3, -0.25) is 9.69 Å². The van der Waals surface area contributed by atoms with Gasteiger partial charge in [-0.15, -0.1) is 0 Å². The number of aliphatic hydroxyl groups is 1. The lowest BCUT2D eigenvalue weighted by Gasteiger charge is -2.35. The van der Waals surface area contributed by atoms with Gasteiger partial charge in [-0.1, -0.05) is 0 Å². The molecule has 2 aliphatic heterocycles. The molecule has 29 heavy (non-hydrogen) atoms. The van der Waals surface area contributed by atoms with Crippen LogP contribution in [0.5, 0.6) is 5.75 Å². The van der Waals surface area contributed by atoms with Gasteiger partial charge in [0.25, 0.3) is 0 Å². The minimum absolute atomic E-state index is 0.113. The molecule has 154 valence electrons. The zero-order valence-electron chi connectivity index (χ0n) is 15.8. The van der Waals surface area contributed by atoms with E-state index in [1.165, 1.54) is 12.3 Å². The van der Waals surface area contributed by atoms with Crippen LogP contribution in [0.15, 0.2) is 23.1 Å². The molecule has 2 aromatic rings. The highest BCUT2D eigenvalue weighted by Gasteiger charge is 2.43. The van der Waals surface area contributed by atoms with Gasteiger partial charge in [0.15, 0.2) is 5.75 Å². The number of nitrogens with zero attached hydrogens (tertiary/aromatic N) is 3. The molecule has 9 heteroatoms. The molecule has 1 aromatic carbocycles. The van der Waals surface area contributed by atoms with Crippen LogP contribution >= 0.6 is 0 Å². The average Bonchev–Trinajstić information content (AvgIpc) is 3.34. The molecular formula is C20H22FN3O5. The first kappa shape index (κ1) is 18.4. The topological polar surface area (TPSA) is 95.2 Å². The number of ether oxygens (including phenoxy) is 1. The van der Waals surface area contributed by atoms with Gasteiger partial charge in [0, 0.05) is 37.8 Å². The summed E-state index contributed by atoms with van der Waals surface area (Å²) >= 11 is 0. The maximum atomic E-state index is 15.1. The summed E-state index contributed by atoms with van der Waals surface area (Å²) in [6.07, 6.45) is 2.63. The van der Waals surface area contributed by atoms with Crippen molar-refractivity contribution in [2.45, 2.75) is 37.4 Å². The molecule has 1 aromatic heterocycles. The van der Waals surface area contributed by atoms with Crippen molar-refractivity contribution in [2.24, 2.45) is 0 Å². The number of piperazine rings is 1. The smallest absolute Gasteiger partial charge is 0.449 e. The lowest BCUT2D eigenvalue weighted by molar-refractivity contribution is 0.143. The highest BCUT2D eigenvalue weighted by atomic mass is 19.1. The number of halogens is 1. The summed E-state index contributed by atoms with van der Waals surface area (Å²) in [5.74, 6) is -0.797. The fraction of sp³-hybridized carbons (Fsp3) is 0.500. The van der Waals surface area contributed by atoms with Crippen molar-refractivity contribution in [1.29, 1.82) is 0 Å². The molecule has 0 spiro atoms. The molecule has 2 saturated heterocycles. The van der Waals surface area contributed by atoms with Crippen LogP contribution in [0.3, 0.4) is 0 Å². The summed E-state index contributed by atoms with van der Waals surface area (Å²) in [6.45, 7) is 2.20. The van der Waals surface area contributed by atoms with Gasteiger partial charge >= 0.3 is 6.16 Å². The van der Waals surface area contributed by atoms with Gasteiger partial charge in [0.05, 0.1) is 29.4 Å². The number of carbonyl (C=O) groups is 1. The molecular weight excluding hydrogens is 381 g/mol. The third-order valence-corrected chi connectivity index (χ3v) is 6.26. The fourth-order valence-electron chi connectivity index (χ4n) is 4.82. The molecule has 5 rings (SSSR count). The Labute approximate surface area is 165 Å². The highest BCUT2D eigenvalue weighted by molar-refractivity contribution is 5.85. The normalized spacial score (nSPS) is 23.9. The first-order valence-corrected chi connectivity index (χ1v) is 9.87. The molecule has 3 fully saturated rings. The Hall–Kier alpha value is -2.65. The Morgan fingerprint density at radius 2 is 2.00 bits per heavy atom. The Morgan fingerprint density at radius 1 is 1.21 bits per heavy atom. The number of β-amino-alcohol motifs (C(OH)–C–C–N with tert-alkyl or cyclic N) is 1. The molecule has 2 N–H and O–H groups in total. The van der Waals surface area contributed by atoms with Crippen LogP contribution in [0, 0.1) is 5.82 Å². The molecule has 2 bridgehead atoms. The van der Waals surface area contributed by atoms with Gasteiger partial charge < -0.3 is 24.4 Å². The van der Waals surface area contributed by atoms with E-state index in [0.29, 0.717) is 30.3 Å². The van der Waals surface area contributed by atoms with Crippen LogP contribution < -0.4 is 15.1 Å². The Morgan fingerprint density at radius 3 is 2.62 bits per heavy atom. The largest absolute Gasteiger partial charge is 0.511 e. The number of hydrogen-bond acceptors (Lipinski definition) is 6. The van der Waals surface area contributed by atoms with Crippen molar-refractivity contribution in [3.05, 3.63) is 34.4 Å². The number of benzene rings is 1. The number of fused-ring (bicyclic) bond motifs is 3. The number of aliphatic hydroxyl groups excluding tert-OH is 1. The van der Waals surface area contributed by atoms with Crippen molar-refractivity contribution < 1.29 is 24.1 Å². The second-order valence-corrected chi connectivity index (χ2v) is 8.06. The molecule has 3 aliphatic rings. The van der Waals surface area contributed by atoms with Crippen LogP contribution in [0.1, 0.15) is 25.3 Å². The van der Waals surface area contributed by atoms with Gasteiger partial charge in [0.2, 0.25) is 5.43 Å².